The average Bonchev–Trinajstić information content (AvgIpc) is 3.23. The van der Waals surface area contributed by atoms with E-state index < -0.39 is 6.04 Å². The van der Waals surface area contributed by atoms with E-state index in [4.69, 9.17) is 28.9 Å². The summed E-state index contributed by atoms with van der Waals surface area (Å²) in [6, 6.07) is 16.5. The van der Waals surface area contributed by atoms with E-state index in [1.54, 1.807) is 29.0 Å². The molecule has 2 N–H and O–H groups in total. The zero-order valence-corrected chi connectivity index (χ0v) is 22.5. The quantitative estimate of drug-likeness (QED) is 0.547. The number of rotatable bonds is 8. The molecule has 4 atom stereocenters. The van der Waals surface area contributed by atoms with Crippen LogP contribution in [0, 0.1) is 11.3 Å². The van der Waals surface area contributed by atoms with E-state index in [0.29, 0.717) is 36.1 Å². The van der Waals surface area contributed by atoms with E-state index in [0.717, 1.165) is 24.8 Å². The van der Waals surface area contributed by atoms with Crippen LogP contribution in [0.15, 0.2) is 48.5 Å². The van der Waals surface area contributed by atoms with Gasteiger partial charge in [-0.3, -0.25) is 14.5 Å². The summed E-state index contributed by atoms with van der Waals surface area (Å²) in [4.78, 5) is 32.8. The van der Waals surface area contributed by atoms with Crippen LogP contribution in [-0.2, 0) is 22.6 Å². The molecule has 2 fully saturated rings. The molecule has 2 saturated heterocycles. The lowest BCUT2D eigenvalue weighted by molar-refractivity contribution is -0.146. The highest BCUT2D eigenvalue weighted by atomic mass is 35.5. The number of carbonyl (C=O) groups excluding carboxylic acids is 2. The predicted octanol–water partition coefficient (Wildman–Crippen LogP) is 3.87. The van der Waals surface area contributed by atoms with Crippen molar-refractivity contribution < 1.29 is 9.59 Å². The Labute approximate surface area is 228 Å². The minimum absolute atomic E-state index is 0.0657. The molecule has 0 aliphatic carbocycles. The fourth-order valence-electron chi connectivity index (χ4n) is 5.56. The topological polar surface area (TPSA) is 93.7 Å². The smallest absolute Gasteiger partial charge is 0.246 e. The van der Waals surface area contributed by atoms with Crippen molar-refractivity contribution in [2.75, 3.05) is 20.1 Å². The molecule has 2 aromatic carbocycles. The first-order valence-corrected chi connectivity index (χ1v) is 13.5. The summed E-state index contributed by atoms with van der Waals surface area (Å²) < 4.78 is 0. The summed E-state index contributed by atoms with van der Waals surface area (Å²) in [5.41, 5.74) is 8.39. The maximum atomic E-state index is 13.8. The number of likely N-dealkylation sites (N-methyl/N-ethyl adjacent to an activating group) is 1. The second-order valence-corrected chi connectivity index (χ2v) is 10.8. The molecule has 7 nitrogen and oxygen atoms in total. The Kier molecular flexibility index (Phi) is 9.09. The van der Waals surface area contributed by atoms with Crippen LogP contribution in [0.5, 0.6) is 0 Å². The van der Waals surface area contributed by atoms with Crippen molar-refractivity contribution in [3.05, 3.63) is 69.7 Å². The molecule has 2 aliphatic heterocycles. The van der Waals surface area contributed by atoms with Crippen LogP contribution in [0.25, 0.3) is 0 Å². The first kappa shape index (κ1) is 27.4. The van der Waals surface area contributed by atoms with Crippen LogP contribution in [0.1, 0.15) is 36.8 Å². The van der Waals surface area contributed by atoms with Crippen molar-refractivity contribution in [1.29, 1.82) is 5.26 Å². The first-order chi connectivity index (χ1) is 17.8. The zero-order valence-electron chi connectivity index (χ0n) is 21.0. The number of aryl methyl sites for hydroxylation is 1. The number of fused-ring (bicyclic) bond motifs is 1. The second kappa shape index (κ2) is 12.3. The van der Waals surface area contributed by atoms with Gasteiger partial charge >= 0.3 is 0 Å². The summed E-state index contributed by atoms with van der Waals surface area (Å²) >= 11 is 12.2. The fourth-order valence-corrected chi connectivity index (χ4v) is 5.88. The van der Waals surface area contributed by atoms with E-state index in [1.807, 2.05) is 24.3 Å². The Balaban J connectivity index is 1.51. The molecule has 2 heterocycles. The molecule has 2 aromatic rings. The molecule has 4 rings (SSSR count). The maximum absolute atomic E-state index is 13.8. The van der Waals surface area contributed by atoms with Crippen LogP contribution in [0.4, 0.5) is 0 Å². The number of halogens is 2. The highest BCUT2D eigenvalue weighted by Crippen LogP contribution is 2.30. The van der Waals surface area contributed by atoms with Gasteiger partial charge in [0.15, 0.2) is 0 Å². The Morgan fingerprint density at radius 3 is 2.65 bits per heavy atom. The molecular formula is C28H33Cl2N5O2. The Bertz CT molecular complexity index is 1160. The third-order valence-electron chi connectivity index (χ3n) is 7.45. The number of benzene rings is 2. The molecule has 0 bridgehead atoms. The summed E-state index contributed by atoms with van der Waals surface area (Å²) in [5.74, 6) is -0.371. The van der Waals surface area contributed by atoms with Crippen molar-refractivity contribution in [3.63, 3.8) is 0 Å². The largest absolute Gasteiger partial charge is 0.340 e. The van der Waals surface area contributed by atoms with E-state index in [9.17, 15) is 14.9 Å². The van der Waals surface area contributed by atoms with Gasteiger partial charge in [0.2, 0.25) is 11.8 Å². The summed E-state index contributed by atoms with van der Waals surface area (Å²) in [6.07, 6.45) is 3.04. The fraction of sp³-hybridized carbons (Fsp3) is 0.464. The van der Waals surface area contributed by atoms with Crippen molar-refractivity contribution in [3.8, 4) is 6.07 Å². The number of nitrogens with zero attached hydrogens (tertiary/aromatic N) is 4. The average molecular weight is 543 g/mol. The maximum Gasteiger partial charge on any atom is 0.246 e. The molecule has 2 unspecified atom stereocenters. The van der Waals surface area contributed by atoms with Crippen molar-refractivity contribution in [2.24, 2.45) is 5.73 Å². The van der Waals surface area contributed by atoms with Gasteiger partial charge in [0.05, 0.1) is 28.6 Å². The predicted molar refractivity (Wildman–Crippen MR) is 145 cm³/mol. The lowest BCUT2D eigenvalue weighted by Crippen LogP contribution is -2.53. The molecule has 2 amide bonds. The van der Waals surface area contributed by atoms with E-state index in [2.05, 4.69) is 23.1 Å². The molecule has 0 saturated carbocycles. The van der Waals surface area contributed by atoms with Gasteiger partial charge in [0.25, 0.3) is 0 Å². The minimum Gasteiger partial charge on any atom is -0.340 e. The van der Waals surface area contributed by atoms with Gasteiger partial charge in [-0.15, -0.1) is 0 Å². The van der Waals surface area contributed by atoms with Crippen LogP contribution >= 0.6 is 23.2 Å². The highest BCUT2D eigenvalue weighted by molar-refractivity contribution is 6.42. The van der Waals surface area contributed by atoms with Crippen LogP contribution < -0.4 is 5.73 Å². The first-order valence-electron chi connectivity index (χ1n) is 12.7. The normalized spacial score (nSPS) is 22.7. The Hall–Kier alpha value is -2.63. The summed E-state index contributed by atoms with van der Waals surface area (Å²) in [6.45, 7) is 1.39. The standard InChI is InChI=1S/C28H33Cl2N5O2/c1-33(17-20-8-10-23(29)24(30)15-20)27(36)25(11-13-31)34-14-12-22(9-7-19-5-3-2-4-6-19)35-18-21(32)16-26(35)28(34)37/h2-6,8,10,15,21-22,25-26H,7,9,11-12,14,16-18,32H2,1H3/t21?,22?,25-,26+/m1/s1. The van der Waals surface area contributed by atoms with Gasteiger partial charge in [-0.1, -0.05) is 59.6 Å². The van der Waals surface area contributed by atoms with E-state index >= 15 is 0 Å². The molecule has 196 valence electrons. The highest BCUT2D eigenvalue weighted by Gasteiger charge is 2.46. The van der Waals surface area contributed by atoms with E-state index in [-0.39, 0.29) is 36.4 Å². The zero-order chi connectivity index (χ0) is 26.5. The molecule has 37 heavy (non-hydrogen) atoms. The summed E-state index contributed by atoms with van der Waals surface area (Å²) in [7, 11) is 1.68. The lowest BCUT2D eigenvalue weighted by atomic mass is 10.0. The van der Waals surface area contributed by atoms with Gasteiger partial charge in [0, 0.05) is 38.8 Å². The number of hydrogen-bond acceptors (Lipinski definition) is 5. The number of carbonyl (C=O) groups is 2. The molecule has 0 spiro atoms. The van der Waals surface area contributed by atoms with Crippen molar-refractivity contribution >= 4 is 35.0 Å². The van der Waals surface area contributed by atoms with Crippen LogP contribution in [0.2, 0.25) is 10.0 Å². The number of nitrogens with two attached hydrogens (primary N) is 1. The molecule has 0 radical (unpaired) electrons. The SMILES string of the molecule is CN(Cc1ccc(Cl)c(Cl)c1)C(=O)[C@@H](CC#N)N1CCC(CCc2ccccc2)N2CC(N)C[C@H]2C1=O. The van der Waals surface area contributed by atoms with Gasteiger partial charge in [0.1, 0.15) is 6.04 Å². The third kappa shape index (κ3) is 6.45. The molecular weight excluding hydrogens is 509 g/mol. The third-order valence-corrected chi connectivity index (χ3v) is 8.19. The Morgan fingerprint density at radius 2 is 1.95 bits per heavy atom. The van der Waals surface area contributed by atoms with Crippen LogP contribution in [0.3, 0.4) is 0 Å². The number of hydrogen-bond donors (Lipinski definition) is 1. The van der Waals surface area contributed by atoms with Crippen molar-refractivity contribution in [1.82, 2.24) is 14.7 Å². The Morgan fingerprint density at radius 1 is 1.19 bits per heavy atom. The van der Waals surface area contributed by atoms with Gasteiger partial charge in [-0.2, -0.15) is 5.26 Å². The minimum atomic E-state index is -0.850. The van der Waals surface area contributed by atoms with Gasteiger partial charge in [-0.05, 0) is 48.9 Å². The molecule has 0 aromatic heterocycles. The van der Waals surface area contributed by atoms with Gasteiger partial charge < -0.3 is 15.5 Å². The van der Waals surface area contributed by atoms with Crippen molar-refractivity contribution in [2.45, 2.75) is 62.8 Å². The monoisotopic (exact) mass is 541 g/mol. The number of nitriles is 1. The van der Waals surface area contributed by atoms with E-state index in [1.165, 1.54) is 5.56 Å². The van der Waals surface area contributed by atoms with Gasteiger partial charge in [-0.25, -0.2) is 0 Å². The second-order valence-electron chi connectivity index (χ2n) is 10.0. The summed E-state index contributed by atoms with van der Waals surface area (Å²) in [5, 5.41) is 10.4. The van der Waals surface area contributed by atoms with Crippen LogP contribution in [-0.4, -0.2) is 70.8 Å². The molecule has 9 heteroatoms. The molecule has 2 aliphatic rings. The number of amides is 2. The lowest BCUT2D eigenvalue weighted by Gasteiger charge is -2.33.